The zero-order valence-corrected chi connectivity index (χ0v) is 9.95. The van der Waals surface area contributed by atoms with E-state index < -0.39 is 16.0 Å². The van der Waals surface area contributed by atoms with Gasteiger partial charge in [0.05, 0.1) is 18.4 Å². The first kappa shape index (κ1) is 12.5. The first-order chi connectivity index (χ1) is 8.45. The standard InChI is InChI=1S/C10H10FN3O3S/c11-9-3-1-7(5-14-9)13-6-8-2-4-10(17-8)18(12,15)16/h1-5,13H,6H2,(H2,12,15,16). The van der Waals surface area contributed by atoms with Gasteiger partial charge in [0.2, 0.25) is 11.0 Å². The van der Waals surface area contributed by atoms with E-state index in [0.717, 1.165) is 0 Å². The van der Waals surface area contributed by atoms with Gasteiger partial charge in [-0.05, 0) is 24.3 Å². The minimum atomic E-state index is -3.83. The van der Waals surface area contributed by atoms with Crippen LogP contribution in [0.5, 0.6) is 0 Å². The number of anilines is 1. The van der Waals surface area contributed by atoms with Crippen molar-refractivity contribution in [3.05, 3.63) is 42.2 Å². The molecule has 0 amide bonds. The molecule has 0 aliphatic rings. The largest absolute Gasteiger partial charge is 0.446 e. The molecule has 2 aromatic heterocycles. The molecule has 0 unspecified atom stereocenters. The van der Waals surface area contributed by atoms with Crippen LogP contribution in [0.25, 0.3) is 0 Å². The van der Waals surface area contributed by atoms with E-state index in [4.69, 9.17) is 9.56 Å². The van der Waals surface area contributed by atoms with E-state index in [1.54, 1.807) is 0 Å². The molecule has 8 heteroatoms. The minimum Gasteiger partial charge on any atom is -0.446 e. The van der Waals surface area contributed by atoms with Crippen LogP contribution < -0.4 is 10.5 Å². The Hall–Kier alpha value is -1.93. The molecule has 0 fully saturated rings. The molecule has 0 saturated heterocycles. The molecule has 2 heterocycles. The Balaban J connectivity index is 2.03. The van der Waals surface area contributed by atoms with E-state index in [1.807, 2.05) is 0 Å². The quantitative estimate of drug-likeness (QED) is 0.810. The second-order valence-electron chi connectivity index (χ2n) is 3.49. The fraction of sp³-hybridized carbons (Fsp3) is 0.100. The Kier molecular flexibility index (Phi) is 3.30. The third-order valence-electron chi connectivity index (χ3n) is 2.11. The van der Waals surface area contributed by atoms with Gasteiger partial charge >= 0.3 is 0 Å². The van der Waals surface area contributed by atoms with Gasteiger partial charge in [0.1, 0.15) is 5.76 Å². The van der Waals surface area contributed by atoms with Crippen LogP contribution in [0.4, 0.5) is 10.1 Å². The van der Waals surface area contributed by atoms with Crippen LogP contribution in [-0.2, 0) is 16.6 Å². The Labute approximate surface area is 103 Å². The predicted octanol–water partition coefficient (Wildman–Crippen LogP) is 1.07. The van der Waals surface area contributed by atoms with Crippen LogP contribution in [0.1, 0.15) is 5.76 Å². The molecule has 2 rings (SSSR count). The topological polar surface area (TPSA) is 98.2 Å². The summed E-state index contributed by atoms with van der Waals surface area (Å²) < 4.78 is 39.5. The summed E-state index contributed by atoms with van der Waals surface area (Å²) in [5.41, 5.74) is 0.588. The highest BCUT2D eigenvalue weighted by Crippen LogP contribution is 2.14. The van der Waals surface area contributed by atoms with Crippen molar-refractivity contribution in [1.29, 1.82) is 0 Å². The molecule has 0 radical (unpaired) electrons. The fourth-order valence-corrected chi connectivity index (χ4v) is 1.76. The number of hydrogen-bond donors (Lipinski definition) is 2. The molecule has 0 aliphatic carbocycles. The summed E-state index contributed by atoms with van der Waals surface area (Å²) in [5, 5.41) is 7.50. The Morgan fingerprint density at radius 1 is 1.33 bits per heavy atom. The predicted molar refractivity (Wildman–Crippen MR) is 61.6 cm³/mol. The molecule has 0 saturated carbocycles. The van der Waals surface area contributed by atoms with E-state index in [-0.39, 0.29) is 11.6 Å². The van der Waals surface area contributed by atoms with E-state index in [1.165, 1.54) is 30.5 Å². The van der Waals surface area contributed by atoms with Gasteiger partial charge in [0.25, 0.3) is 10.0 Å². The van der Waals surface area contributed by atoms with E-state index >= 15 is 0 Å². The lowest BCUT2D eigenvalue weighted by Gasteiger charge is -2.02. The van der Waals surface area contributed by atoms with Gasteiger partial charge in [-0.15, -0.1) is 0 Å². The van der Waals surface area contributed by atoms with Crippen molar-refractivity contribution in [3.63, 3.8) is 0 Å². The van der Waals surface area contributed by atoms with Crippen molar-refractivity contribution < 1.29 is 17.2 Å². The van der Waals surface area contributed by atoms with Crippen molar-refractivity contribution >= 4 is 15.7 Å². The Morgan fingerprint density at radius 3 is 2.67 bits per heavy atom. The number of pyridine rings is 1. The highest BCUT2D eigenvalue weighted by Gasteiger charge is 2.12. The molecule has 0 atom stereocenters. The number of furan rings is 1. The van der Waals surface area contributed by atoms with Gasteiger partial charge in [-0.1, -0.05) is 0 Å². The number of nitrogens with zero attached hydrogens (tertiary/aromatic N) is 1. The molecule has 3 N–H and O–H groups in total. The van der Waals surface area contributed by atoms with E-state index in [0.29, 0.717) is 11.4 Å². The van der Waals surface area contributed by atoms with Gasteiger partial charge in [0.15, 0.2) is 0 Å². The molecule has 96 valence electrons. The van der Waals surface area contributed by atoms with Crippen LogP contribution in [0.2, 0.25) is 0 Å². The number of rotatable bonds is 4. The fourth-order valence-electron chi connectivity index (χ4n) is 1.28. The number of nitrogens with two attached hydrogens (primary N) is 1. The Bertz CT molecular complexity index is 637. The number of primary sulfonamides is 1. The summed E-state index contributed by atoms with van der Waals surface area (Å²) in [4.78, 5) is 3.46. The molecular weight excluding hydrogens is 261 g/mol. The number of nitrogens with one attached hydrogen (secondary N) is 1. The lowest BCUT2D eigenvalue weighted by Crippen LogP contribution is -2.10. The molecule has 0 spiro atoms. The third-order valence-corrected chi connectivity index (χ3v) is 2.89. The van der Waals surface area contributed by atoms with Crippen molar-refractivity contribution in [2.24, 2.45) is 5.14 Å². The van der Waals surface area contributed by atoms with Gasteiger partial charge in [0, 0.05) is 0 Å². The average molecular weight is 271 g/mol. The normalized spacial score (nSPS) is 11.4. The van der Waals surface area contributed by atoms with Crippen LogP contribution in [0.15, 0.2) is 40.0 Å². The summed E-state index contributed by atoms with van der Waals surface area (Å²) in [6.45, 7) is 0.239. The SMILES string of the molecule is NS(=O)(=O)c1ccc(CNc2ccc(F)nc2)o1. The maximum absolute atomic E-state index is 12.5. The van der Waals surface area contributed by atoms with Gasteiger partial charge in [-0.3, -0.25) is 0 Å². The highest BCUT2D eigenvalue weighted by molar-refractivity contribution is 7.89. The monoisotopic (exact) mass is 271 g/mol. The molecule has 2 aromatic rings. The van der Waals surface area contributed by atoms with Gasteiger partial charge in [-0.25, -0.2) is 18.5 Å². The second-order valence-corrected chi connectivity index (χ2v) is 4.98. The lowest BCUT2D eigenvalue weighted by molar-refractivity contribution is 0.419. The van der Waals surface area contributed by atoms with Crippen LogP contribution in [0.3, 0.4) is 0 Å². The van der Waals surface area contributed by atoms with E-state index in [2.05, 4.69) is 10.3 Å². The van der Waals surface area contributed by atoms with Gasteiger partial charge in [-0.2, -0.15) is 4.39 Å². The summed E-state index contributed by atoms with van der Waals surface area (Å²) in [5.74, 6) is -0.182. The third kappa shape index (κ3) is 3.05. The smallest absolute Gasteiger partial charge is 0.271 e. The van der Waals surface area contributed by atoms with Crippen LogP contribution in [0, 0.1) is 5.95 Å². The summed E-state index contributed by atoms with van der Waals surface area (Å²) in [6.07, 6.45) is 1.32. The number of halogens is 1. The van der Waals surface area contributed by atoms with E-state index in [9.17, 15) is 12.8 Å². The van der Waals surface area contributed by atoms with Crippen molar-refractivity contribution in [2.45, 2.75) is 11.6 Å². The molecule has 0 bridgehead atoms. The molecule has 0 aromatic carbocycles. The van der Waals surface area contributed by atoms with Gasteiger partial charge < -0.3 is 9.73 Å². The number of sulfonamides is 1. The highest BCUT2D eigenvalue weighted by atomic mass is 32.2. The minimum absolute atomic E-state index is 0.239. The summed E-state index contributed by atoms with van der Waals surface area (Å²) in [7, 11) is -3.83. The molecule has 0 aliphatic heterocycles. The zero-order chi connectivity index (χ0) is 13.2. The molecule has 18 heavy (non-hydrogen) atoms. The summed E-state index contributed by atoms with van der Waals surface area (Å²) in [6, 6.07) is 5.48. The summed E-state index contributed by atoms with van der Waals surface area (Å²) >= 11 is 0. The van der Waals surface area contributed by atoms with Crippen LogP contribution >= 0.6 is 0 Å². The Morgan fingerprint density at radius 2 is 2.11 bits per heavy atom. The maximum Gasteiger partial charge on any atom is 0.271 e. The van der Waals surface area contributed by atoms with Crippen molar-refractivity contribution in [2.75, 3.05) is 5.32 Å². The maximum atomic E-state index is 12.5. The van der Waals surface area contributed by atoms with Crippen LogP contribution in [-0.4, -0.2) is 13.4 Å². The molecule has 6 nitrogen and oxygen atoms in total. The number of aromatic nitrogens is 1. The first-order valence-corrected chi connectivity index (χ1v) is 6.47. The number of hydrogen-bond acceptors (Lipinski definition) is 5. The lowest BCUT2D eigenvalue weighted by atomic mass is 10.4. The second kappa shape index (κ2) is 4.75. The first-order valence-electron chi connectivity index (χ1n) is 4.92. The zero-order valence-electron chi connectivity index (χ0n) is 9.13. The van der Waals surface area contributed by atoms with Crippen molar-refractivity contribution in [1.82, 2.24) is 4.98 Å². The molecular formula is C10H10FN3O3S. The van der Waals surface area contributed by atoms with Crippen molar-refractivity contribution in [3.8, 4) is 0 Å². The average Bonchev–Trinajstić information content (AvgIpc) is 2.77.